The van der Waals surface area contributed by atoms with E-state index in [1.807, 2.05) is 4.68 Å². The molecule has 2 rings (SSSR count). The fourth-order valence-electron chi connectivity index (χ4n) is 2.32. The van der Waals surface area contributed by atoms with E-state index in [9.17, 15) is 0 Å². The molecular weight excluding hydrogens is 228 g/mol. The third kappa shape index (κ3) is 3.08. The minimum Gasteiger partial charge on any atom is -0.384 e. The molecule has 5 heteroatoms. The number of aryl methyl sites for hydroxylation is 1. The largest absolute Gasteiger partial charge is 0.384 e. The highest BCUT2D eigenvalue weighted by atomic mass is 16.5. The van der Waals surface area contributed by atoms with Crippen molar-refractivity contribution < 1.29 is 4.74 Å². The van der Waals surface area contributed by atoms with Gasteiger partial charge in [-0.25, -0.2) is 4.68 Å². The first kappa shape index (κ1) is 13.0. The maximum absolute atomic E-state index is 8.79. The summed E-state index contributed by atoms with van der Waals surface area (Å²) in [7, 11) is 1.69. The third-order valence-electron chi connectivity index (χ3n) is 3.68. The van der Waals surface area contributed by atoms with Crippen LogP contribution in [0.3, 0.4) is 0 Å². The Balaban J connectivity index is 1.99. The molecule has 1 aromatic heterocycles. The summed E-state index contributed by atoms with van der Waals surface area (Å²) in [6, 6.07) is 2.14. The normalized spacial score (nSPS) is 15.3. The van der Waals surface area contributed by atoms with Crippen LogP contribution in [0.15, 0.2) is 0 Å². The van der Waals surface area contributed by atoms with Gasteiger partial charge in [-0.05, 0) is 12.3 Å². The highest BCUT2D eigenvalue weighted by Crippen LogP contribution is 2.29. The lowest BCUT2D eigenvalue weighted by Gasteiger charge is -2.25. The van der Waals surface area contributed by atoms with Gasteiger partial charge in [0, 0.05) is 20.1 Å². The summed E-state index contributed by atoms with van der Waals surface area (Å²) in [6.45, 7) is 1.57. The molecule has 1 aliphatic carbocycles. The van der Waals surface area contributed by atoms with Crippen LogP contribution in [-0.4, -0.2) is 28.7 Å². The molecule has 1 aliphatic rings. The molecule has 1 heterocycles. The average molecular weight is 248 g/mol. The summed E-state index contributed by atoms with van der Waals surface area (Å²) in [5.41, 5.74) is 1.88. The van der Waals surface area contributed by atoms with E-state index in [2.05, 4.69) is 16.4 Å². The predicted molar refractivity (Wildman–Crippen MR) is 66.9 cm³/mol. The highest BCUT2D eigenvalue weighted by molar-refractivity contribution is 5.14. The Kier molecular flexibility index (Phi) is 4.71. The molecule has 0 aliphatic heterocycles. The fraction of sp³-hybridized carbons (Fsp3) is 0.769. The van der Waals surface area contributed by atoms with E-state index in [4.69, 9.17) is 10.00 Å². The van der Waals surface area contributed by atoms with Gasteiger partial charge in [0.05, 0.1) is 24.8 Å². The average Bonchev–Trinajstić information content (AvgIpc) is 2.68. The molecule has 1 saturated carbocycles. The monoisotopic (exact) mass is 248 g/mol. The first-order valence-corrected chi connectivity index (χ1v) is 6.62. The summed E-state index contributed by atoms with van der Waals surface area (Å²) >= 11 is 0. The van der Waals surface area contributed by atoms with Crippen LogP contribution in [0.25, 0.3) is 0 Å². The van der Waals surface area contributed by atoms with Gasteiger partial charge in [0.25, 0.3) is 0 Å². The van der Waals surface area contributed by atoms with E-state index in [0.29, 0.717) is 13.0 Å². The molecular formula is C13H20N4O. The van der Waals surface area contributed by atoms with Crippen LogP contribution in [0.5, 0.6) is 0 Å². The third-order valence-corrected chi connectivity index (χ3v) is 3.68. The summed E-state index contributed by atoms with van der Waals surface area (Å²) in [6.07, 6.45) is 6.38. The standard InChI is InChI=1S/C13H20N4O/c1-18-10-7-13-12(5-8-14)15-16-17(13)9-6-11-3-2-4-11/h11H,2-7,9-10H2,1H3. The minimum atomic E-state index is 0.336. The van der Waals surface area contributed by atoms with E-state index in [-0.39, 0.29) is 0 Å². The first-order chi connectivity index (χ1) is 8.85. The minimum absolute atomic E-state index is 0.336. The SMILES string of the molecule is COCCc1c(CC#N)nnn1CCC1CCC1. The molecule has 0 spiro atoms. The predicted octanol–water partition coefficient (Wildman–Crippen LogP) is 1.72. The molecule has 0 radical (unpaired) electrons. The lowest BCUT2D eigenvalue weighted by molar-refractivity contribution is 0.199. The second-order valence-corrected chi connectivity index (χ2v) is 4.87. The second-order valence-electron chi connectivity index (χ2n) is 4.87. The van der Waals surface area contributed by atoms with Crippen molar-refractivity contribution in [2.24, 2.45) is 5.92 Å². The fourth-order valence-corrected chi connectivity index (χ4v) is 2.32. The summed E-state index contributed by atoms with van der Waals surface area (Å²) in [4.78, 5) is 0. The van der Waals surface area contributed by atoms with Gasteiger partial charge in [-0.3, -0.25) is 0 Å². The maximum Gasteiger partial charge on any atom is 0.100 e. The molecule has 0 aromatic carbocycles. The summed E-state index contributed by atoms with van der Waals surface area (Å²) in [5, 5.41) is 17.1. The molecule has 0 bridgehead atoms. The Morgan fingerprint density at radius 1 is 1.50 bits per heavy atom. The zero-order chi connectivity index (χ0) is 12.8. The van der Waals surface area contributed by atoms with Crippen molar-refractivity contribution >= 4 is 0 Å². The van der Waals surface area contributed by atoms with Gasteiger partial charge in [0.2, 0.25) is 0 Å². The number of rotatable bonds is 7. The van der Waals surface area contributed by atoms with Crippen LogP contribution < -0.4 is 0 Å². The molecule has 0 amide bonds. The van der Waals surface area contributed by atoms with E-state index >= 15 is 0 Å². The summed E-state index contributed by atoms with van der Waals surface area (Å²) in [5.74, 6) is 0.865. The van der Waals surface area contributed by atoms with Gasteiger partial charge < -0.3 is 4.74 Å². The molecule has 18 heavy (non-hydrogen) atoms. The van der Waals surface area contributed by atoms with Crippen molar-refractivity contribution in [3.8, 4) is 6.07 Å². The summed E-state index contributed by atoms with van der Waals surface area (Å²) < 4.78 is 7.07. The van der Waals surface area contributed by atoms with Crippen LogP contribution in [-0.2, 0) is 24.1 Å². The van der Waals surface area contributed by atoms with Crippen molar-refractivity contribution in [1.82, 2.24) is 15.0 Å². The second kappa shape index (κ2) is 6.50. The lowest BCUT2D eigenvalue weighted by atomic mass is 9.83. The Labute approximate surface area is 108 Å². The van der Waals surface area contributed by atoms with Gasteiger partial charge in [-0.1, -0.05) is 24.5 Å². The Morgan fingerprint density at radius 2 is 2.33 bits per heavy atom. The smallest absolute Gasteiger partial charge is 0.100 e. The van der Waals surface area contributed by atoms with Crippen LogP contribution in [0.4, 0.5) is 0 Å². The van der Waals surface area contributed by atoms with Crippen LogP contribution in [0.2, 0.25) is 0 Å². The molecule has 1 aromatic rings. The Bertz CT molecular complexity index is 417. The molecule has 0 unspecified atom stereocenters. The van der Waals surface area contributed by atoms with Crippen LogP contribution >= 0.6 is 0 Å². The number of methoxy groups -OCH3 is 1. The molecule has 0 saturated heterocycles. The van der Waals surface area contributed by atoms with Crippen molar-refractivity contribution in [2.75, 3.05) is 13.7 Å². The quantitative estimate of drug-likeness (QED) is 0.737. The Morgan fingerprint density at radius 3 is 2.94 bits per heavy atom. The maximum atomic E-state index is 8.79. The van der Waals surface area contributed by atoms with Gasteiger partial charge in [0.1, 0.15) is 5.69 Å². The zero-order valence-electron chi connectivity index (χ0n) is 10.9. The molecule has 0 N–H and O–H groups in total. The highest BCUT2D eigenvalue weighted by Gasteiger charge is 2.19. The van der Waals surface area contributed by atoms with Gasteiger partial charge >= 0.3 is 0 Å². The molecule has 1 fully saturated rings. The van der Waals surface area contributed by atoms with Crippen LogP contribution in [0.1, 0.15) is 37.1 Å². The lowest BCUT2D eigenvalue weighted by Crippen LogP contribution is -2.16. The number of hydrogen-bond donors (Lipinski definition) is 0. The number of aromatic nitrogens is 3. The van der Waals surface area contributed by atoms with E-state index in [0.717, 1.165) is 30.3 Å². The van der Waals surface area contributed by atoms with Crippen molar-refractivity contribution in [2.45, 2.75) is 45.1 Å². The van der Waals surface area contributed by atoms with Gasteiger partial charge in [-0.2, -0.15) is 5.26 Å². The topological polar surface area (TPSA) is 63.7 Å². The van der Waals surface area contributed by atoms with Crippen molar-refractivity contribution in [3.05, 3.63) is 11.4 Å². The van der Waals surface area contributed by atoms with Crippen molar-refractivity contribution in [1.29, 1.82) is 5.26 Å². The van der Waals surface area contributed by atoms with E-state index < -0.39 is 0 Å². The first-order valence-electron chi connectivity index (χ1n) is 6.62. The van der Waals surface area contributed by atoms with Crippen molar-refractivity contribution in [3.63, 3.8) is 0 Å². The zero-order valence-corrected chi connectivity index (χ0v) is 10.9. The van der Waals surface area contributed by atoms with E-state index in [1.54, 1.807) is 7.11 Å². The number of nitrogens with zero attached hydrogens (tertiary/aromatic N) is 4. The van der Waals surface area contributed by atoms with Crippen LogP contribution in [0, 0.1) is 17.2 Å². The Hall–Kier alpha value is -1.41. The van der Waals surface area contributed by atoms with Gasteiger partial charge in [-0.15, -0.1) is 5.10 Å². The molecule has 5 nitrogen and oxygen atoms in total. The number of nitriles is 1. The number of hydrogen-bond acceptors (Lipinski definition) is 4. The van der Waals surface area contributed by atoms with Gasteiger partial charge in [0.15, 0.2) is 0 Å². The molecule has 98 valence electrons. The number of ether oxygens (including phenoxy) is 1. The van der Waals surface area contributed by atoms with E-state index in [1.165, 1.54) is 25.7 Å². The molecule has 0 atom stereocenters.